The van der Waals surface area contributed by atoms with Crippen molar-refractivity contribution < 1.29 is 4.74 Å². The second kappa shape index (κ2) is 6.72. The largest absolute Gasteiger partial charge is 0.381 e. The van der Waals surface area contributed by atoms with Crippen molar-refractivity contribution in [3.05, 3.63) is 0 Å². The average Bonchev–Trinajstić information content (AvgIpc) is 2.34. The summed E-state index contributed by atoms with van der Waals surface area (Å²) in [6, 6.07) is 1.48. The summed E-state index contributed by atoms with van der Waals surface area (Å²) in [5.74, 6) is 0.780. The first-order chi connectivity index (χ1) is 8.29. The number of piperidine rings is 1. The normalized spacial score (nSPS) is 36.0. The molecule has 2 heterocycles. The molecule has 0 aromatic rings. The fourth-order valence-corrected chi connectivity index (χ4v) is 3.25. The van der Waals surface area contributed by atoms with Crippen LogP contribution >= 0.6 is 0 Å². The molecule has 2 aliphatic heterocycles. The zero-order valence-electron chi connectivity index (χ0n) is 11.5. The van der Waals surface area contributed by atoms with Crippen LogP contribution in [0.2, 0.25) is 0 Å². The first kappa shape index (κ1) is 13.3. The molecule has 0 amide bonds. The first-order valence-electron chi connectivity index (χ1n) is 7.34. The highest BCUT2D eigenvalue weighted by molar-refractivity contribution is 4.84. The third kappa shape index (κ3) is 3.94. The van der Waals surface area contributed by atoms with Crippen molar-refractivity contribution in [3.8, 4) is 0 Å². The van der Waals surface area contributed by atoms with Gasteiger partial charge >= 0.3 is 0 Å². The standard InChI is InChI=1S/C14H28N2O/c1-3-15-14-6-7-16(12(2)9-14)10-13-5-4-8-17-11-13/h12-15H,3-11H2,1-2H3. The Morgan fingerprint density at radius 2 is 2.24 bits per heavy atom. The van der Waals surface area contributed by atoms with Gasteiger partial charge in [0.1, 0.15) is 0 Å². The van der Waals surface area contributed by atoms with E-state index in [4.69, 9.17) is 4.74 Å². The molecule has 2 saturated heterocycles. The Bertz CT molecular complexity index is 216. The van der Waals surface area contributed by atoms with Crippen LogP contribution in [0.3, 0.4) is 0 Å². The van der Waals surface area contributed by atoms with E-state index < -0.39 is 0 Å². The lowest BCUT2D eigenvalue weighted by molar-refractivity contribution is 0.0237. The molecule has 0 radical (unpaired) electrons. The fourth-order valence-electron chi connectivity index (χ4n) is 3.25. The Morgan fingerprint density at radius 1 is 1.35 bits per heavy atom. The van der Waals surface area contributed by atoms with Crippen LogP contribution in [0.5, 0.6) is 0 Å². The zero-order chi connectivity index (χ0) is 12.1. The van der Waals surface area contributed by atoms with Gasteiger partial charge in [0.05, 0.1) is 6.61 Å². The maximum absolute atomic E-state index is 5.58. The van der Waals surface area contributed by atoms with Gasteiger partial charge < -0.3 is 15.0 Å². The number of hydrogen-bond donors (Lipinski definition) is 1. The van der Waals surface area contributed by atoms with E-state index in [1.807, 2.05) is 0 Å². The van der Waals surface area contributed by atoms with E-state index in [0.29, 0.717) is 0 Å². The van der Waals surface area contributed by atoms with E-state index in [1.54, 1.807) is 0 Å². The Hall–Kier alpha value is -0.120. The Kier molecular flexibility index (Phi) is 5.26. The second-order valence-electron chi connectivity index (χ2n) is 5.71. The number of hydrogen-bond acceptors (Lipinski definition) is 3. The van der Waals surface area contributed by atoms with Crippen molar-refractivity contribution in [2.24, 2.45) is 5.92 Å². The fraction of sp³-hybridized carbons (Fsp3) is 1.00. The van der Waals surface area contributed by atoms with Gasteiger partial charge in [-0.3, -0.25) is 0 Å². The van der Waals surface area contributed by atoms with E-state index in [9.17, 15) is 0 Å². The van der Waals surface area contributed by atoms with E-state index >= 15 is 0 Å². The summed E-state index contributed by atoms with van der Waals surface area (Å²) in [5, 5.41) is 3.59. The van der Waals surface area contributed by atoms with Crippen LogP contribution in [0.15, 0.2) is 0 Å². The molecule has 0 spiro atoms. The quantitative estimate of drug-likeness (QED) is 0.812. The molecule has 2 aliphatic rings. The highest BCUT2D eigenvalue weighted by Gasteiger charge is 2.27. The summed E-state index contributed by atoms with van der Waals surface area (Å²) < 4.78 is 5.58. The van der Waals surface area contributed by atoms with E-state index in [1.165, 1.54) is 38.8 Å². The van der Waals surface area contributed by atoms with Crippen LogP contribution in [-0.2, 0) is 4.74 Å². The zero-order valence-corrected chi connectivity index (χ0v) is 11.5. The highest BCUT2D eigenvalue weighted by atomic mass is 16.5. The van der Waals surface area contributed by atoms with Crippen LogP contribution in [-0.4, -0.2) is 49.8 Å². The van der Waals surface area contributed by atoms with Crippen LogP contribution < -0.4 is 5.32 Å². The number of rotatable bonds is 4. The lowest BCUT2D eigenvalue weighted by atomic mass is 9.95. The number of likely N-dealkylation sites (tertiary alicyclic amines) is 1. The minimum absolute atomic E-state index is 0.731. The Labute approximate surface area is 106 Å². The van der Waals surface area contributed by atoms with E-state index in [2.05, 4.69) is 24.1 Å². The van der Waals surface area contributed by atoms with Gasteiger partial charge in [0, 0.05) is 25.2 Å². The number of nitrogens with one attached hydrogen (secondary N) is 1. The summed E-state index contributed by atoms with van der Waals surface area (Å²) in [4.78, 5) is 2.67. The summed E-state index contributed by atoms with van der Waals surface area (Å²) in [6.45, 7) is 10.2. The van der Waals surface area contributed by atoms with Crippen molar-refractivity contribution in [3.63, 3.8) is 0 Å². The molecule has 3 atom stereocenters. The van der Waals surface area contributed by atoms with Gasteiger partial charge in [-0.05, 0) is 51.6 Å². The molecule has 1 N–H and O–H groups in total. The molecule has 2 rings (SSSR count). The van der Waals surface area contributed by atoms with Crippen molar-refractivity contribution in [2.45, 2.75) is 51.6 Å². The van der Waals surface area contributed by atoms with Crippen molar-refractivity contribution in [2.75, 3.05) is 32.8 Å². The SMILES string of the molecule is CCNC1CCN(CC2CCCOC2)C(C)C1. The molecular weight excluding hydrogens is 212 g/mol. The molecule has 2 fully saturated rings. The van der Waals surface area contributed by atoms with Gasteiger partial charge in [-0.25, -0.2) is 0 Å². The van der Waals surface area contributed by atoms with Gasteiger partial charge in [0.2, 0.25) is 0 Å². The van der Waals surface area contributed by atoms with E-state index in [0.717, 1.165) is 37.8 Å². The second-order valence-corrected chi connectivity index (χ2v) is 5.71. The van der Waals surface area contributed by atoms with Crippen molar-refractivity contribution >= 4 is 0 Å². The van der Waals surface area contributed by atoms with Gasteiger partial charge in [-0.2, -0.15) is 0 Å². The lowest BCUT2D eigenvalue weighted by Crippen LogP contribution is -2.49. The van der Waals surface area contributed by atoms with Crippen molar-refractivity contribution in [1.29, 1.82) is 0 Å². The molecule has 3 unspecified atom stereocenters. The van der Waals surface area contributed by atoms with Crippen LogP contribution in [0, 0.1) is 5.92 Å². The maximum Gasteiger partial charge on any atom is 0.0506 e. The Morgan fingerprint density at radius 3 is 2.88 bits per heavy atom. The maximum atomic E-state index is 5.58. The van der Waals surface area contributed by atoms with Crippen LogP contribution in [0.4, 0.5) is 0 Å². The predicted octanol–water partition coefficient (Wildman–Crippen LogP) is 1.88. The minimum Gasteiger partial charge on any atom is -0.381 e. The Balaban J connectivity index is 1.74. The molecular formula is C14H28N2O. The molecule has 0 aromatic heterocycles. The summed E-state index contributed by atoms with van der Waals surface area (Å²) >= 11 is 0. The summed E-state index contributed by atoms with van der Waals surface area (Å²) in [5.41, 5.74) is 0. The third-order valence-electron chi connectivity index (χ3n) is 4.25. The molecule has 0 aliphatic carbocycles. The first-order valence-corrected chi connectivity index (χ1v) is 7.34. The number of ether oxygens (including phenoxy) is 1. The molecule has 0 aromatic carbocycles. The summed E-state index contributed by atoms with van der Waals surface area (Å²) in [7, 11) is 0. The number of nitrogens with zero attached hydrogens (tertiary/aromatic N) is 1. The molecule has 3 heteroatoms. The van der Waals surface area contributed by atoms with Gasteiger partial charge in [0.15, 0.2) is 0 Å². The molecule has 0 saturated carbocycles. The van der Waals surface area contributed by atoms with Gasteiger partial charge in [0.25, 0.3) is 0 Å². The topological polar surface area (TPSA) is 24.5 Å². The third-order valence-corrected chi connectivity index (χ3v) is 4.25. The van der Waals surface area contributed by atoms with Crippen LogP contribution in [0.1, 0.15) is 39.5 Å². The summed E-state index contributed by atoms with van der Waals surface area (Å²) in [6.07, 6.45) is 5.24. The monoisotopic (exact) mass is 240 g/mol. The molecule has 0 bridgehead atoms. The average molecular weight is 240 g/mol. The van der Waals surface area contributed by atoms with Crippen LogP contribution in [0.25, 0.3) is 0 Å². The smallest absolute Gasteiger partial charge is 0.0506 e. The van der Waals surface area contributed by atoms with E-state index in [-0.39, 0.29) is 0 Å². The lowest BCUT2D eigenvalue weighted by Gasteiger charge is -2.40. The minimum atomic E-state index is 0.731. The highest BCUT2D eigenvalue weighted by Crippen LogP contribution is 2.21. The molecule has 100 valence electrons. The predicted molar refractivity (Wildman–Crippen MR) is 71.3 cm³/mol. The molecule has 3 nitrogen and oxygen atoms in total. The van der Waals surface area contributed by atoms with Gasteiger partial charge in [-0.1, -0.05) is 6.92 Å². The van der Waals surface area contributed by atoms with Gasteiger partial charge in [-0.15, -0.1) is 0 Å². The molecule has 17 heavy (non-hydrogen) atoms. The van der Waals surface area contributed by atoms with Crippen molar-refractivity contribution in [1.82, 2.24) is 10.2 Å².